The Kier molecular flexibility index (Phi) is 5.05. The van der Waals surface area contributed by atoms with Crippen molar-refractivity contribution < 1.29 is 19.0 Å². The van der Waals surface area contributed by atoms with Crippen molar-refractivity contribution in [3.63, 3.8) is 0 Å². The summed E-state index contributed by atoms with van der Waals surface area (Å²) in [6.07, 6.45) is -0.526. The standard InChI is InChI=1S/C20H12F4N6.H2/c21-15-6-2-1-5-14(15)18-17(12-7-9-26-16(10-12)20(22,23)24)29-30-19(28-18)27-13-4-3-8-25-11-13;/h1-11H,(H,27,28,30);1H. The number of pyridine rings is 2. The van der Waals surface area contributed by atoms with Gasteiger partial charge in [0.25, 0.3) is 0 Å². The van der Waals surface area contributed by atoms with Crippen LogP contribution in [0.2, 0.25) is 0 Å². The van der Waals surface area contributed by atoms with Crippen LogP contribution < -0.4 is 5.32 Å². The quantitative estimate of drug-likeness (QED) is 0.466. The third-order valence-corrected chi connectivity index (χ3v) is 4.06. The molecule has 1 aromatic carbocycles. The maximum absolute atomic E-state index is 14.5. The molecule has 3 heterocycles. The van der Waals surface area contributed by atoms with Gasteiger partial charge in [-0.05, 0) is 36.4 Å². The third-order valence-electron chi connectivity index (χ3n) is 4.06. The highest BCUT2D eigenvalue weighted by atomic mass is 19.4. The van der Waals surface area contributed by atoms with Gasteiger partial charge in [-0.15, -0.1) is 10.2 Å². The largest absolute Gasteiger partial charge is 0.433 e. The van der Waals surface area contributed by atoms with Crippen molar-refractivity contribution in [2.75, 3.05) is 5.32 Å². The number of alkyl halides is 3. The first-order chi connectivity index (χ1) is 14.4. The fourth-order valence-corrected chi connectivity index (χ4v) is 2.71. The van der Waals surface area contributed by atoms with Crippen LogP contribution in [0.15, 0.2) is 67.1 Å². The molecule has 0 unspecified atom stereocenters. The van der Waals surface area contributed by atoms with Gasteiger partial charge in [-0.1, -0.05) is 12.1 Å². The maximum atomic E-state index is 14.5. The second kappa shape index (κ2) is 7.82. The first kappa shape index (κ1) is 19.4. The van der Waals surface area contributed by atoms with Crippen molar-refractivity contribution in [2.24, 2.45) is 0 Å². The van der Waals surface area contributed by atoms with Crippen LogP contribution in [0.25, 0.3) is 22.5 Å². The Bertz CT molecular complexity index is 1190. The number of nitrogens with one attached hydrogen (secondary N) is 1. The minimum absolute atomic E-state index is 0. The molecule has 0 amide bonds. The SMILES string of the molecule is Fc1ccccc1-c1nc(Nc2cccnc2)nnc1-c1ccnc(C(F)(F)F)c1.[HH]. The van der Waals surface area contributed by atoms with E-state index in [1.54, 1.807) is 24.4 Å². The second-order valence-corrected chi connectivity index (χ2v) is 6.11. The molecule has 0 aliphatic carbocycles. The van der Waals surface area contributed by atoms with E-state index < -0.39 is 17.7 Å². The Morgan fingerprint density at radius 1 is 0.900 bits per heavy atom. The predicted octanol–water partition coefficient (Wildman–Crippen LogP) is 5.14. The van der Waals surface area contributed by atoms with Gasteiger partial charge in [-0.2, -0.15) is 13.2 Å². The summed E-state index contributed by atoms with van der Waals surface area (Å²) in [7, 11) is 0. The van der Waals surface area contributed by atoms with E-state index in [0.29, 0.717) is 5.69 Å². The van der Waals surface area contributed by atoms with E-state index >= 15 is 0 Å². The average Bonchev–Trinajstić information content (AvgIpc) is 2.74. The van der Waals surface area contributed by atoms with Crippen molar-refractivity contribution in [3.8, 4) is 22.5 Å². The number of hydrogen-bond donors (Lipinski definition) is 1. The molecule has 0 spiro atoms. The highest BCUT2D eigenvalue weighted by Gasteiger charge is 2.33. The Morgan fingerprint density at radius 2 is 1.73 bits per heavy atom. The molecule has 0 fully saturated rings. The lowest BCUT2D eigenvalue weighted by molar-refractivity contribution is -0.141. The molecule has 10 heteroatoms. The van der Waals surface area contributed by atoms with Crippen LogP contribution in [-0.2, 0) is 6.18 Å². The van der Waals surface area contributed by atoms with Crippen molar-refractivity contribution in [1.82, 2.24) is 25.1 Å². The van der Waals surface area contributed by atoms with Crippen LogP contribution in [0.3, 0.4) is 0 Å². The number of hydrogen-bond acceptors (Lipinski definition) is 6. The molecule has 0 saturated heterocycles. The smallest absolute Gasteiger partial charge is 0.321 e. The molecule has 3 aromatic heterocycles. The van der Waals surface area contributed by atoms with E-state index in [9.17, 15) is 17.6 Å². The van der Waals surface area contributed by atoms with Gasteiger partial charge in [0.15, 0.2) is 0 Å². The topological polar surface area (TPSA) is 76.5 Å². The molecular weight excluding hydrogens is 400 g/mol. The van der Waals surface area contributed by atoms with Gasteiger partial charge >= 0.3 is 6.18 Å². The summed E-state index contributed by atoms with van der Waals surface area (Å²) in [5, 5.41) is 10.8. The highest BCUT2D eigenvalue weighted by Crippen LogP contribution is 2.34. The van der Waals surface area contributed by atoms with Crippen molar-refractivity contribution >= 4 is 11.6 Å². The van der Waals surface area contributed by atoms with E-state index in [0.717, 1.165) is 12.3 Å². The lowest BCUT2D eigenvalue weighted by Crippen LogP contribution is -2.08. The molecule has 4 aromatic rings. The molecule has 30 heavy (non-hydrogen) atoms. The lowest BCUT2D eigenvalue weighted by Gasteiger charge is -2.12. The summed E-state index contributed by atoms with van der Waals surface area (Å²) >= 11 is 0. The monoisotopic (exact) mass is 414 g/mol. The van der Waals surface area contributed by atoms with Crippen LogP contribution >= 0.6 is 0 Å². The molecular formula is C20H14F4N6. The van der Waals surface area contributed by atoms with Gasteiger partial charge in [0.2, 0.25) is 5.95 Å². The van der Waals surface area contributed by atoms with Crippen LogP contribution in [0.5, 0.6) is 0 Å². The third kappa shape index (κ3) is 4.07. The van der Waals surface area contributed by atoms with E-state index in [4.69, 9.17) is 0 Å². The normalized spacial score (nSPS) is 11.3. The van der Waals surface area contributed by atoms with Crippen LogP contribution in [0.1, 0.15) is 7.12 Å². The number of nitrogens with zero attached hydrogens (tertiary/aromatic N) is 5. The Morgan fingerprint density at radius 3 is 2.47 bits per heavy atom. The van der Waals surface area contributed by atoms with Crippen molar-refractivity contribution in [1.29, 1.82) is 0 Å². The molecule has 4 rings (SSSR count). The van der Waals surface area contributed by atoms with E-state index in [2.05, 4.69) is 30.5 Å². The number of benzene rings is 1. The molecule has 0 aliphatic rings. The minimum Gasteiger partial charge on any atom is -0.321 e. The summed E-state index contributed by atoms with van der Waals surface area (Å²) in [5.74, 6) is -0.563. The molecule has 152 valence electrons. The Hall–Kier alpha value is -3.95. The molecule has 0 atom stereocenters. The number of halogens is 4. The van der Waals surface area contributed by atoms with Crippen molar-refractivity contribution in [2.45, 2.75) is 6.18 Å². The predicted molar refractivity (Wildman–Crippen MR) is 103 cm³/mol. The van der Waals surface area contributed by atoms with Gasteiger partial charge < -0.3 is 5.32 Å². The van der Waals surface area contributed by atoms with Crippen molar-refractivity contribution in [3.05, 3.63) is 78.6 Å². The number of aromatic nitrogens is 5. The Labute approximate surface area is 169 Å². The molecule has 0 aliphatic heterocycles. The van der Waals surface area contributed by atoms with E-state index in [1.807, 2.05) is 0 Å². The molecule has 0 bridgehead atoms. The van der Waals surface area contributed by atoms with Gasteiger partial charge in [0, 0.05) is 24.9 Å². The molecule has 0 radical (unpaired) electrons. The summed E-state index contributed by atoms with van der Waals surface area (Å²) in [4.78, 5) is 11.6. The zero-order chi connectivity index (χ0) is 21.1. The molecule has 1 N–H and O–H groups in total. The fourth-order valence-electron chi connectivity index (χ4n) is 2.71. The molecule has 0 saturated carbocycles. The number of anilines is 2. The first-order valence-corrected chi connectivity index (χ1v) is 8.62. The van der Waals surface area contributed by atoms with Gasteiger partial charge in [-0.3, -0.25) is 9.97 Å². The van der Waals surface area contributed by atoms with E-state index in [1.165, 1.54) is 30.5 Å². The summed E-state index contributed by atoms with van der Waals surface area (Å²) in [6, 6.07) is 11.3. The van der Waals surface area contributed by atoms with Crippen LogP contribution in [0, 0.1) is 5.82 Å². The highest BCUT2D eigenvalue weighted by molar-refractivity contribution is 5.78. The van der Waals surface area contributed by atoms with Crippen LogP contribution in [-0.4, -0.2) is 25.1 Å². The minimum atomic E-state index is -4.64. The van der Waals surface area contributed by atoms with Crippen LogP contribution in [0.4, 0.5) is 29.2 Å². The fraction of sp³-hybridized carbons (Fsp3) is 0.0500. The number of rotatable bonds is 4. The first-order valence-electron chi connectivity index (χ1n) is 8.62. The van der Waals surface area contributed by atoms with Gasteiger partial charge in [-0.25, -0.2) is 9.37 Å². The summed E-state index contributed by atoms with van der Waals surface area (Å²) in [5.41, 5.74) is -0.377. The zero-order valence-corrected chi connectivity index (χ0v) is 15.1. The zero-order valence-electron chi connectivity index (χ0n) is 15.1. The summed E-state index contributed by atoms with van der Waals surface area (Å²) in [6.45, 7) is 0. The van der Waals surface area contributed by atoms with E-state index in [-0.39, 0.29) is 29.9 Å². The average molecular weight is 414 g/mol. The maximum Gasteiger partial charge on any atom is 0.433 e. The molecule has 6 nitrogen and oxygen atoms in total. The second-order valence-electron chi connectivity index (χ2n) is 6.11. The van der Waals surface area contributed by atoms with Gasteiger partial charge in [0.1, 0.15) is 22.9 Å². The Balaban J connectivity index is 0.00000272. The van der Waals surface area contributed by atoms with Gasteiger partial charge in [0.05, 0.1) is 11.9 Å². The summed E-state index contributed by atoms with van der Waals surface area (Å²) < 4.78 is 53.7. The lowest BCUT2D eigenvalue weighted by atomic mass is 10.0.